The lowest BCUT2D eigenvalue weighted by Crippen LogP contribution is -2.54. The Kier molecular flexibility index (Phi) is 6.22. The van der Waals surface area contributed by atoms with Gasteiger partial charge in [0.1, 0.15) is 0 Å². The summed E-state index contributed by atoms with van der Waals surface area (Å²) in [4.78, 5) is 2.53. The second kappa shape index (κ2) is 7.92. The predicted octanol–water partition coefficient (Wildman–Crippen LogP) is 2.62. The van der Waals surface area contributed by atoms with Crippen molar-refractivity contribution in [2.75, 3.05) is 26.2 Å². The molecule has 1 aromatic carbocycles. The quantitative estimate of drug-likeness (QED) is 0.773. The van der Waals surface area contributed by atoms with Crippen LogP contribution in [0.3, 0.4) is 0 Å². The molecule has 1 fully saturated rings. The van der Waals surface area contributed by atoms with Crippen molar-refractivity contribution in [3.8, 4) is 0 Å². The zero-order valence-electron chi connectivity index (χ0n) is 13.6. The number of likely N-dealkylation sites (tertiary alicyclic amines) is 1. The third-order valence-corrected chi connectivity index (χ3v) is 4.99. The Morgan fingerprint density at radius 3 is 2.57 bits per heavy atom. The smallest absolute Gasteiger partial charge is 0.0445 e. The first-order valence-corrected chi connectivity index (χ1v) is 8.42. The summed E-state index contributed by atoms with van der Waals surface area (Å²) in [5, 5.41) is 3.80. The molecule has 118 valence electrons. The van der Waals surface area contributed by atoms with Gasteiger partial charge in [-0.2, -0.15) is 0 Å². The van der Waals surface area contributed by atoms with Gasteiger partial charge in [-0.15, -0.1) is 0 Å². The van der Waals surface area contributed by atoms with Crippen LogP contribution in [0.1, 0.15) is 38.7 Å². The van der Waals surface area contributed by atoms with E-state index in [0.717, 1.165) is 45.1 Å². The van der Waals surface area contributed by atoms with Gasteiger partial charge in [-0.3, -0.25) is 4.90 Å². The third kappa shape index (κ3) is 4.53. The van der Waals surface area contributed by atoms with E-state index in [0.29, 0.717) is 0 Å². The van der Waals surface area contributed by atoms with Crippen LogP contribution in [0.5, 0.6) is 0 Å². The summed E-state index contributed by atoms with van der Waals surface area (Å²) in [6, 6.07) is 10.7. The van der Waals surface area contributed by atoms with E-state index in [1.54, 1.807) is 0 Å². The maximum Gasteiger partial charge on any atom is 0.0445 e. The first kappa shape index (κ1) is 16.5. The van der Waals surface area contributed by atoms with Gasteiger partial charge in [0.25, 0.3) is 0 Å². The average molecular weight is 289 g/mol. The van der Waals surface area contributed by atoms with E-state index in [1.165, 1.54) is 18.4 Å². The van der Waals surface area contributed by atoms with Crippen LogP contribution in [0.4, 0.5) is 0 Å². The fourth-order valence-corrected chi connectivity index (χ4v) is 3.26. The maximum absolute atomic E-state index is 6.10. The molecule has 0 saturated carbocycles. The Morgan fingerprint density at radius 1 is 1.24 bits per heavy atom. The summed E-state index contributed by atoms with van der Waals surface area (Å²) < 4.78 is 0. The lowest BCUT2D eigenvalue weighted by atomic mass is 9.96. The van der Waals surface area contributed by atoms with Gasteiger partial charge >= 0.3 is 0 Å². The molecule has 3 heteroatoms. The lowest BCUT2D eigenvalue weighted by Gasteiger charge is -2.31. The van der Waals surface area contributed by atoms with Gasteiger partial charge in [-0.25, -0.2) is 0 Å². The molecule has 3 nitrogen and oxygen atoms in total. The summed E-state index contributed by atoms with van der Waals surface area (Å²) in [6.07, 6.45) is 3.66. The first-order chi connectivity index (χ1) is 10.2. The minimum absolute atomic E-state index is 0.122. The number of hydrogen-bond acceptors (Lipinski definition) is 3. The molecule has 0 amide bonds. The molecule has 21 heavy (non-hydrogen) atoms. The fraction of sp³-hybridized carbons (Fsp3) is 0.667. The topological polar surface area (TPSA) is 41.3 Å². The number of hydrogen-bond donors (Lipinski definition) is 2. The van der Waals surface area contributed by atoms with Gasteiger partial charge in [-0.05, 0) is 24.4 Å². The van der Waals surface area contributed by atoms with E-state index >= 15 is 0 Å². The van der Waals surface area contributed by atoms with Crippen LogP contribution in [0.15, 0.2) is 30.3 Å². The molecule has 2 rings (SSSR count). The molecule has 0 radical (unpaired) electrons. The lowest BCUT2D eigenvalue weighted by molar-refractivity contribution is 0.264. The van der Waals surface area contributed by atoms with Crippen molar-refractivity contribution in [2.45, 2.75) is 45.2 Å². The Morgan fingerprint density at radius 2 is 1.95 bits per heavy atom. The van der Waals surface area contributed by atoms with E-state index in [4.69, 9.17) is 5.73 Å². The van der Waals surface area contributed by atoms with E-state index in [2.05, 4.69) is 54.4 Å². The summed E-state index contributed by atoms with van der Waals surface area (Å²) >= 11 is 0. The second-order valence-electron chi connectivity index (χ2n) is 6.49. The van der Waals surface area contributed by atoms with Crippen molar-refractivity contribution < 1.29 is 0 Å². The molecule has 1 saturated heterocycles. The highest BCUT2D eigenvalue weighted by molar-refractivity contribution is 5.15. The largest absolute Gasteiger partial charge is 0.329 e. The molecule has 3 N–H and O–H groups in total. The maximum atomic E-state index is 6.10. The molecule has 1 heterocycles. The number of rotatable bonds is 8. The number of nitrogens with one attached hydrogen (secondary N) is 1. The zero-order valence-corrected chi connectivity index (χ0v) is 13.6. The van der Waals surface area contributed by atoms with Crippen molar-refractivity contribution in [3.05, 3.63) is 35.9 Å². The van der Waals surface area contributed by atoms with Crippen LogP contribution in [0, 0.1) is 5.92 Å². The van der Waals surface area contributed by atoms with E-state index in [9.17, 15) is 0 Å². The van der Waals surface area contributed by atoms with Crippen molar-refractivity contribution >= 4 is 0 Å². The van der Waals surface area contributed by atoms with Crippen LogP contribution in [-0.2, 0) is 6.54 Å². The van der Waals surface area contributed by atoms with Gasteiger partial charge in [0, 0.05) is 31.7 Å². The molecule has 1 atom stereocenters. The highest BCUT2D eigenvalue weighted by atomic mass is 15.2. The SMILES string of the molecule is CCC(CC)CNC1(CN)CCN(Cc2ccccc2)C1. The Balaban J connectivity index is 1.88. The van der Waals surface area contributed by atoms with Crippen molar-refractivity contribution in [1.29, 1.82) is 0 Å². The van der Waals surface area contributed by atoms with Gasteiger partial charge in [-0.1, -0.05) is 57.0 Å². The van der Waals surface area contributed by atoms with Crippen molar-refractivity contribution in [1.82, 2.24) is 10.2 Å². The molecular weight excluding hydrogens is 258 g/mol. The zero-order chi connectivity index (χ0) is 15.1. The summed E-state index contributed by atoms with van der Waals surface area (Å²) in [6.45, 7) is 9.64. The normalized spacial score (nSPS) is 23.0. The molecule has 0 aliphatic carbocycles. The van der Waals surface area contributed by atoms with Crippen LogP contribution < -0.4 is 11.1 Å². The molecule has 1 aromatic rings. The Labute approximate surface area is 129 Å². The van der Waals surface area contributed by atoms with Crippen molar-refractivity contribution in [2.24, 2.45) is 11.7 Å². The third-order valence-electron chi connectivity index (χ3n) is 4.99. The molecule has 0 aromatic heterocycles. The summed E-state index contributed by atoms with van der Waals surface area (Å²) in [7, 11) is 0. The summed E-state index contributed by atoms with van der Waals surface area (Å²) in [5.74, 6) is 0.775. The van der Waals surface area contributed by atoms with Crippen molar-refractivity contribution in [3.63, 3.8) is 0 Å². The number of nitrogens with two attached hydrogens (primary N) is 1. The number of benzene rings is 1. The standard InChI is InChI=1S/C18H31N3/c1-3-16(4-2)12-20-18(14-19)10-11-21(15-18)13-17-8-6-5-7-9-17/h5-9,16,20H,3-4,10-15,19H2,1-2H3. The van der Waals surface area contributed by atoms with Gasteiger partial charge in [0.05, 0.1) is 0 Å². The van der Waals surface area contributed by atoms with Gasteiger partial charge in [0.15, 0.2) is 0 Å². The van der Waals surface area contributed by atoms with Crippen LogP contribution >= 0.6 is 0 Å². The highest BCUT2D eigenvalue weighted by Crippen LogP contribution is 2.23. The predicted molar refractivity (Wildman–Crippen MR) is 90.2 cm³/mol. The van der Waals surface area contributed by atoms with Crippen LogP contribution in [-0.4, -0.2) is 36.6 Å². The molecular formula is C18H31N3. The van der Waals surface area contributed by atoms with E-state index < -0.39 is 0 Å². The van der Waals surface area contributed by atoms with Crippen LogP contribution in [0.2, 0.25) is 0 Å². The Bertz CT molecular complexity index is 402. The molecule has 0 bridgehead atoms. The molecule has 1 unspecified atom stereocenters. The highest BCUT2D eigenvalue weighted by Gasteiger charge is 2.36. The number of nitrogens with zero attached hydrogens (tertiary/aromatic N) is 1. The van der Waals surface area contributed by atoms with E-state index in [-0.39, 0.29) is 5.54 Å². The van der Waals surface area contributed by atoms with E-state index in [1.807, 2.05) is 0 Å². The second-order valence-corrected chi connectivity index (χ2v) is 6.49. The minimum atomic E-state index is 0.122. The first-order valence-electron chi connectivity index (χ1n) is 8.42. The molecule has 0 spiro atoms. The molecule has 1 aliphatic heterocycles. The fourth-order valence-electron chi connectivity index (χ4n) is 3.26. The monoisotopic (exact) mass is 289 g/mol. The van der Waals surface area contributed by atoms with Gasteiger partial charge < -0.3 is 11.1 Å². The minimum Gasteiger partial charge on any atom is -0.329 e. The van der Waals surface area contributed by atoms with Crippen LogP contribution in [0.25, 0.3) is 0 Å². The van der Waals surface area contributed by atoms with Gasteiger partial charge in [0.2, 0.25) is 0 Å². The summed E-state index contributed by atoms with van der Waals surface area (Å²) in [5.41, 5.74) is 7.62. The molecule has 1 aliphatic rings. The average Bonchev–Trinajstić information content (AvgIpc) is 2.93. The Hall–Kier alpha value is -0.900.